The van der Waals surface area contributed by atoms with Crippen LogP contribution in [-0.2, 0) is 4.74 Å². The highest BCUT2D eigenvalue weighted by atomic mass is 16.5. The highest BCUT2D eigenvalue weighted by Crippen LogP contribution is 2.09. The van der Waals surface area contributed by atoms with Crippen LogP contribution in [0.2, 0.25) is 0 Å². The lowest BCUT2D eigenvalue weighted by Gasteiger charge is -2.16. The van der Waals surface area contributed by atoms with Crippen molar-refractivity contribution in [3.8, 4) is 0 Å². The molecule has 90 valence electrons. The first-order valence-corrected chi connectivity index (χ1v) is 6.25. The van der Waals surface area contributed by atoms with E-state index in [9.17, 15) is 0 Å². The van der Waals surface area contributed by atoms with Crippen LogP contribution in [-0.4, -0.2) is 37.5 Å². The first kappa shape index (κ1) is 12.9. The van der Waals surface area contributed by atoms with Crippen molar-refractivity contribution >= 4 is 0 Å². The van der Waals surface area contributed by atoms with Crippen molar-refractivity contribution in [2.75, 3.05) is 26.4 Å². The van der Waals surface area contributed by atoms with E-state index in [1.165, 1.54) is 19.3 Å². The minimum absolute atomic E-state index is 0.317. The van der Waals surface area contributed by atoms with Crippen molar-refractivity contribution < 1.29 is 9.84 Å². The fourth-order valence-corrected chi connectivity index (χ4v) is 1.96. The summed E-state index contributed by atoms with van der Waals surface area (Å²) in [5.41, 5.74) is 0. The Labute approximate surface area is 93.2 Å². The van der Waals surface area contributed by atoms with Gasteiger partial charge in [0, 0.05) is 25.9 Å². The molecule has 1 aliphatic heterocycles. The zero-order valence-corrected chi connectivity index (χ0v) is 9.87. The van der Waals surface area contributed by atoms with Gasteiger partial charge in [-0.1, -0.05) is 6.92 Å². The van der Waals surface area contributed by atoms with Crippen LogP contribution in [0.3, 0.4) is 0 Å². The second-order valence-electron chi connectivity index (χ2n) is 4.62. The van der Waals surface area contributed by atoms with Gasteiger partial charge in [-0.05, 0) is 44.6 Å². The van der Waals surface area contributed by atoms with Crippen LogP contribution in [0.4, 0.5) is 0 Å². The molecule has 1 saturated heterocycles. The van der Waals surface area contributed by atoms with Crippen molar-refractivity contribution in [1.29, 1.82) is 0 Å². The summed E-state index contributed by atoms with van der Waals surface area (Å²) in [7, 11) is 0. The Hall–Kier alpha value is -0.120. The second kappa shape index (κ2) is 8.08. The van der Waals surface area contributed by atoms with Gasteiger partial charge in [-0.25, -0.2) is 0 Å². The quantitative estimate of drug-likeness (QED) is 0.661. The number of nitrogens with one attached hydrogen (secondary N) is 1. The molecule has 0 aromatic heterocycles. The molecule has 1 fully saturated rings. The van der Waals surface area contributed by atoms with Gasteiger partial charge in [0.1, 0.15) is 0 Å². The van der Waals surface area contributed by atoms with Gasteiger partial charge in [-0.3, -0.25) is 0 Å². The summed E-state index contributed by atoms with van der Waals surface area (Å²) in [5, 5.41) is 12.5. The number of aliphatic hydroxyl groups is 1. The summed E-state index contributed by atoms with van der Waals surface area (Å²) < 4.78 is 5.41. The number of rotatable bonds is 6. The lowest BCUT2D eigenvalue weighted by Crippen LogP contribution is -2.30. The molecule has 15 heavy (non-hydrogen) atoms. The fourth-order valence-electron chi connectivity index (χ4n) is 1.96. The SMILES string of the molecule is CC(CO)CCCNC1CCCOCC1. The topological polar surface area (TPSA) is 41.5 Å². The summed E-state index contributed by atoms with van der Waals surface area (Å²) >= 11 is 0. The fraction of sp³-hybridized carbons (Fsp3) is 1.00. The van der Waals surface area contributed by atoms with Crippen molar-refractivity contribution in [2.24, 2.45) is 5.92 Å². The van der Waals surface area contributed by atoms with Gasteiger partial charge in [-0.2, -0.15) is 0 Å². The van der Waals surface area contributed by atoms with Gasteiger partial charge < -0.3 is 15.2 Å². The van der Waals surface area contributed by atoms with Crippen molar-refractivity contribution in [3.05, 3.63) is 0 Å². The van der Waals surface area contributed by atoms with E-state index in [-0.39, 0.29) is 0 Å². The lowest BCUT2D eigenvalue weighted by molar-refractivity contribution is 0.142. The monoisotopic (exact) mass is 215 g/mol. The van der Waals surface area contributed by atoms with Crippen LogP contribution in [0.1, 0.15) is 39.0 Å². The van der Waals surface area contributed by atoms with Gasteiger partial charge in [0.2, 0.25) is 0 Å². The largest absolute Gasteiger partial charge is 0.396 e. The lowest BCUT2D eigenvalue weighted by atomic mass is 10.1. The highest BCUT2D eigenvalue weighted by molar-refractivity contribution is 4.69. The molecular weight excluding hydrogens is 190 g/mol. The summed E-state index contributed by atoms with van der Waals surface area (Å²) in [5.74, 6) is 0.448. The molecule has 0 aromatic carbocycles. The molecule has 0 amide bonds. The minimum atomic E-state index is 0.317. The van der Waals surface area contributed by atoms with E-state index in [1.807, 2.05) is 0 Å². The van der Waals surface area contributed by atoms with Crippen LogP contribution >= 0.6 is 0 Å². The molecule has 0 saturated carbocycles. The first-order chi connectivity index (χ1) is 7.33. The highest BCUT2D eigenvalue weighted by Gasteiger charge is 2.11. The average Bonchev–Trinajstić information content (AvgIpc) is 2.52. The third kappa shape index (κ3) is 6.13. The van der Waals surface area contributed by atoms with E-state index in [1.54, 1.807) is 0 Å². The standard InChI is InChI=1S/C12H25NO2/c1-11(10-14)4-2-7-13-12-5-3-8-15-9-6-12/h11-14H,2-10H2,1H3. The van der Waals surface area contributed by atoms with Gasteiger partial charge in [-0.15, -0.1) is 0 Å². The smallest absolute Gasteiger partial charge is 0.0480 e. The Morgan fingerprint density at radius 3 is 3.07 bits per heavy atom. The summed E-state index contributed by atoms with van der Waals surface area (Å²) in [6.07, 6.45) is 5.86. The maximum Gasteiger partial charge on any atom is 0.0480 e. The molecule has 0 spiro atoms. The van der Waals surface area contributed by atoms with Crippen LogP contribution < -0.4 is 5.32 Å². The van der Waals surface area contributed by atoms with Crippen LogP contribution in [0.15, 0.2) is 0 Å². The maximum atomic E-state index is 8.88. The molecule has 3 nitrogen and oxygen atoms in total. The molecule has 2 atom stereocenters. The molecule has 1 aliphatic rings. The molecule has 3 heteroatoms. The van der Waals surface area contributed by atoms with Crippen LogP contribution in [0.25, 0.3) is 0 Å². The predicted molar refractivity (Wildman–Crippen MR) is 61.9 cm³/mol. The van der Waals surface area contributed by atoms with E-state index in [0.29, 0.717) is 18.6 Å². The Morgan fingerprint density at radius 2 is 2.27 bits per heavy atom. The molecule has 2 N–H and O–H groups in total. The van der Waals surface area contributed by atoms with Crippen LogP contribution in [0.5, 0.6) is 0 Å². The molecule has 0 aromatic rings. The Kier molecular flexibility index (Phi) is 6.98. The van der Waals surface area contributed by atoms with Crippen molar-refractivity contribution in [3.63, 3.8) is 0 Å². The second-order valence-corrected chi connectivity index (χ2v) is 4.62. The van der Waals surface area contributed by atoms with E-state index >= 15 is 0 Å². The Bertz CT molecular complexity index is 145. The molecule has 0 radical (unpaired) electrons. The molecule has 0 bridgehead atoms. The first-order valence-electron chi connectivity index (χ1n) is 6.25. The third-order valence-corrected chi connectivity index (χ3v) is 3.07. The van der Waals surface area contributed by atoms with Gasteiger partial charge >= 0.3 is 0 Å². The summed E-state index contributed by atoms with van der Waals surface area (Å²) in [4.78, 5) is 0. The third-order valence-electron chi connectivity index (χ3n) is 3.07. The molecule has 2 unspecified atom stereocenters. The van der Waals surface area contributed by atoms with E-state index in [0.717, 1.165) is 32.6 Å². The molecule has 1 heterocycles. The van der Waals surface area contributed by atoms with E-state index in [2.05, 4.69) is 12.2 Å². The number of ether oxygens (including phenoxy) is 1. The van der Waals surface area contributed by atoms with Crippen molar-refractivity contribution in [2.45, 2.75) is 45.1 Å². The average molecular weight is 215 g/mol. The Balaban J connectivity index is 1.98. The normalized spacial score (nSPS) is 24.8. The molecule has 1 rings (SSSR count). The van der Waals surface area contributed by atoms with E-state index in [4.69, 9.17) is 9.84 Å². The predicted octanol–water partition coefficient (Wildman–Crippen LogP) is 1.55. The number of hydrogen-bond donors (Lipinski definition) is 2. The van der Waals surface area contributed by atoms with Gasteiger partial charge in [0.05, 0.1) is 0 Å². The number of aliphatic hydroxyl groups excluding tert-OH is 1. The van der Waals surface area contributed by atoms with Crippen molar-refractivity contribution in [1.82, 2.24) is 5.32 Å². The zero-order valence-electron chi connectivity index (χ0n) is 9.87. The summed E-state index contributed by atoms with van der Waals surface area (Å²) in [6.45, 7) is 5.33. The summed E-state index contributed by atoms with van der Waals surface area (Å²) in [6, 6.07) is 0.650. The van der Waals surface area contributed by atoms with Gasteiger partial charge in [0.15, 0.2) is 0 Å². The maximum absolute atomic E-state index is 8.88. The van der Waals surface area contributed by atoms with Gasteiger partial charge in [0.25, 0.3) is 0 Å². The zero-order chi connectivity index (χ0) is 10.9. The number of hydrogen-bond acceptors (Lipinski definition) is 3. The minimum Gasteiger partial charge on any atom is -0.396 e. The van der Waals surface area contributed by atoms with E-state index < -0.39 is 0 Å². The van der Waals surface area contributed by atoms with Crippen LogP contribution in [0, 0.1) is 5.92 Å². The Morgan fingerprint density at radius 1 is 1.40 bits per heavy atom. The molecular formula is C12H25NO2. The molecule has 0 aliphatic carbocycles.